The van der Waals surface area contributed by atoms with Crippen LogP contribution in [0.5, 0.6) is 0 Å². The van der Waals surface area contributed by atoms with Crippen LogP contribution in [0.4, 0.5) is 0 Å². The molecule has 1 N–H and O–H groups in total. The number of nitrogens with zero attached hydrogens (tertiary/aromatic N) is 2. The molecule has 2 aliphatic heterocycles. The van der Waals surface area contributed by atoms with E-state index >= 15 is 0 Å². The van der Waals surface area contributed by atoms with E-state index in [1.807, 2.05) is 0 Å². The Labute approximate surface area is 154 Å². The highest BCUT2D eigenvalue weighted by Gasteiger charge is 2.58. The van der Waals surface area contributed by atoms with Gasteiger partial charge in [-0.1, -0.05) is 12.6 Å². The Morgan fingerprint density at radius 2 is 2.11 bits per heavy atom. The lowest BCUT2D eigenvalue weighted by molar-refractivity contribution is -0.142. The number of sulfone groups is 1. The maximum Gasteiger partial charge on any atom is 0.353 e. The first-order valence-electron chi connectivity index (χ1n) is 7.65. The summed E-state index contributed by atoms with van der Waals surface area (Å²) in [6.45, 7) is 3.93. The fourth-order valence-corrected chi connectivity index (χ4v) is 4.59. The van der Waals surface area contributed by atoms with E-state index in [4.69, 9.17) is 4.74 Å². The molecular formula is C17H14N2O7S. The number of hydrogen-bond acceptors (Lipinski definition) is 7. The smallest absolute Gasteiger partial charge is 0.353 e. The van der Waals surface area contributed by atoms with Gasteiger partial charge in [0, 0.05) is 18.7 Å². The molecule has 0 radical (unpaired) electrons. The van der Waals surface area contributed by atoms with Crippen molar-refractivity contribution in [3.05, 3.63) is 58.4 Å². The van der Waals surface area contributed by atoms with Crippen molar-refractivity contribution in [1.82, 2.24) is 9.88 Å². The summed E-state index contributed by atoms with van der Waals surface area (Å²) < 4.78 is 30.4. The van der Waals surface area contributed by atoms with Crippen LogP contribution in [0.2, 0.25) is 0 Å². The Bertz CT molecular complexity index is 1040. The predicted molar refractivity (Wildman–Crippen MR) is 92.2 cm³/mol. The Morgan fingerprint density at radius 1 is 1.41 bits per heavy atom. The summed E-state index contributed by atoms with van der Waals surface area (Å²) in [4.78, 5) is 39.4. The number of amides is 1. The molecule has 0 bridgehead atoms. The van der Waals surface area contributed by atoms with Crippen LogP contribution in [-0.2, 0) is 29.0 Å². The molecule has 1 fully saturated rings. The lowest BCUT2D eigenvalue weighted by Gasteiger charge is -2.45. The molecule has 3 heterocycles. The number of esters is 1. The standard InChI is InChI=1S/C17H14N2O7S/c1-9-13(8-26-10(2)20)14(17(22)23)19-15(21)12(16(19)27(9,24)25)7-11-5-3-4-6-18-11/h3-7,16H,1,8H2,2H3,(H,22,23)/b12-7-. The van der Waals surface area contributed by atoms with Gasteiger partial charge >= 0.3 is 11.9 Å². The van der Waals surface area contributed by atoms with Gasteiger partial charge in [-0.15, -0.1) is 0 Å². The average Bonchev–Trinajstić information content (AvgIpc) is 2.61. The lowest BCUT2D eigenvalue weighted by Crippen LogP contribution is -2.61. The number of fused-ring (bicyclic) bond motifs is 1. The Hall–Kier alpha value is -3.27. The van der Waals surface area contributed by atoms with E-state index in [-0.39, 0.29) is 11.1 Å². The van der Waals surface area contributed by atoms with Gasteiger partial charge < -0.3 is 9.84 Å². The van der Waals surface area contributed by atoms with Crippen LogP contribution in [0.15, 0.2) is 52.7 Å². The minimum Gasteiger partial charge on any atom is -0.477 e. The highest BCUT2D eigenvalue weighted by Crippen LogP contribution is 2.44. The lowest BCUT2D eigenvalue weighted by atomic mass is 10.0. The number of β-lactam (4-membered cyclic amide) rings is 1. The van der Waals surface area contributed by atoms with Gasteiger partial charge in [-0.25, -0.2) is 13.2 Å². The van der Waals surface area contributed by atoms with Gasteiger partial charge in [-0.05, 0) is 18.2 Å². The molecule has 3 rings (SSSR count). The quantitative estimate of drug-likeness (QED) is 0.446. The van der Waals surface area contributed by atoms with Crippen molar-refractivity contribution in [3.8, 4) is 0 Å². The zero-order valence-electron chi connectivity index (χ0n) is 14.1. The zero-order chi connectivity index (χ0) is 19.9. The first-order chi connectivity index (χ1) is 12.7. The van der Waals surface area contributed by atoms with Crippen molar-refractivity contribution in [3.63, 3.8) is 0 Å². The van der Waals surface area contributed by atoms with Crippen LogP contribution < -0.4 is 0 Å². The molecule has 1 aromatic heterocycles. The number of carboxylic acid groups (broad SMARTS) is 1. The van der Waals surface area contributed by atoms with Gasteiger partial charge in [0.1, 0.15) is 12.3 Å². The Balaban J connectivity index is 2.12. The predicted octanol–water partition coefficient (Wildman–Crippen LogP) is 0.477. The third kappa shape index (κ3) is 2.93. The van der Waals surface area contributed by atoms with E-state index in [0.717, 1.165) is 6.92 Å². The van der Waals surface area contributed by atoms with E-state index < -0.39 is 50.3 Å². The molecule has 0 spiro atoms. The highest BCUT2D eigenvalue weighted by molar-refractivity contribution is 7.96. The molecule has 0 saturated carbocycles. The van der Waals surface area contributed by atoms with Gasteiger partial charge in [-0.2, -0.15) is 0 Å². The highest BCUT2D eigenvalue weighted by atomic mass is 32.2. The van der Waals surface area contributed by atoms with Gasteiger partial charge in [0.2, 0.25) is 9.84 Å². The summed E-state index contributed by atoms with van der Waals surface area (Å²) in [7, 11) is -4.17. The van der Waals surface area contributed by atoms with Gasteiger partial charge in [0.25, 0.3) is 5.91 Å². The molecule has 10 heteroatoms. The van der Waals surface area contributed by atoms with Crippen molar-refractivity contribution >= 4 is 33.8 Å². The third-order valence-electron chi connectivity index (χ3n) is 4.08. The maximum atomic E-state index is 12.8. The zero-order valence-corrected chi connectivity index (χ0v) is 14.9. The molecule has 2 aliphatic rings. The fourth-order valence-electron chi connectivity index (χ4n) is 2.84. The second-order valence-electron chi connectivity index (χ2n) is 5.76. The molecule has 1 saturated heterocycles. The minimum absolute atomic E-state index is 0.111. The van der Waals surface area contributed by atoms with Crippen molar-refractivity contribution < 1.29 is 32.6 Å². The summed E-state index contributed by atoms with van der Waals surface area (Å²) in [6, 6.07) is 4.89. The van der Waals surface area contributed by atoms with Crippen LogP contribution in [0, 0.1) is 0 Å². The van der Waals surface area contributed by atoms with Crippen molar-refractivity contribution in [1.29, 1.82) is 0 Å². The first-order valence-corrected chi connectivity index (χ1v) is 9.20. The van der Waals surface area contributed by atoms with Crippen molar-refractivity contribution in [2.75, 3.05) is 6.61 Å². The van der Waals surface area contributed by atoms with Crippen LogP contribution >= 0.6 is 0 Å². The number of ether oxygens (including phenoxy) is 1. The summed E-state index contributed by atoms with van der Waals surface area (Å²) in [5.74, 6) is -3.03. The SMILES string of the molecule is C=C1C(COC(C)=O)=C(C(=O)O)N2C(=O)/C(=C/c3ccccn3)C2S1(=O)=O. The van der Waals surface area contributed by atoms with E-state index in [1.54, 1.807) is 18.2 Å². The number of carbonyl (C=O) groups is 3. The van der Waals surface area contributed by atoms with Crippen LogP contribution in [-0.4, -0.2) is 53.2 Å². The van der Waals surface area contributed by atoms with Gasteiger partial charge in [0.05, 0.1) is 16.2 Å². The summed E-state index contributed by atoms with van der Waals surface area (Å²) in [5, 5.41) is 8.01. The molecular weight excluding hydrogens is 376 g/mol. The topological polar surface area (TPSA) is 131 Å². The molecule has 0 aromatic carbocycles. The molecule has 9 nitrogen and oxygen atoms in total. The second kappa shape index (κ2) is 6.47. The normalized spacial score (nSPS) is 22.3. The number of rotatable bonds is 4. The molecule has 1 aromatic rings. The van der Waals surface area contributed by atoms with Crippen molar-refractivity contribution in [2.24, 2.45) is 0 Å². The number of carboxylic acids is 1. The second-order valence-corrected chi connectivity index (χ2v) is 7.79. The average molecular weight is 390 g/mol. The summed E-state index contributed by atoms with van der Waals surface area (Å²) in [5.41, 5.74) is -0.656. The molecule has 140 valence electrons. The summed E-state index contributed by atoms with van der Waals surface area (Å²) >= 11 is 0. The van der Waals surface area contributed by atoms with Gasteiger partial charge in [0.15, 0.2) is 5.37 Å². The summed E-state index contributed by atoms with van der Waals surface area (Å²) in [6.07, 6.45) is 2.77. The number of hydrogen-bond donors (Lipinski definition) is 1. The minimum atomic E-state index is -4.17. The molecule has 1 amide bonds. The number of aromatic nitrogens is 1. The monoisotopic (exact) mass is 390 g/mol. The van der Waals surface area contributed by atoms with E-state index in [0.29, 0.717) is 10.6 Å². The third-order valence-corrected chi connectivity index (χ3v) is 6.07. The van der Waals surface area contributed by atoms with E-state index in [9.17, 15) is 27.9 Å². The molecule has 1 unspecified atom stereocenters. The van der Waals surface area contributed by atoms with E-state index in [1.165, 1.54) is 12.3 Å². The van der Waals surface area contributed by atoms with Crippen LogP contribution in [0.25, 0.3) is 6.08 Å². The first kappa shape index (κ1) is 18.5. The Kier molecular flexibility index (Phi) is 4.44. The maximum absolute atomic E-state index is 12.8. The van der Waals surface area contributed by atoms with Gasteiger partial charge in [-0.3, -0.25) is 19.5 Å². The molecule has 1 atom stereocenters. The molecule has 27 heavy (non-hydrogen) atoms. The van der Waals surface area contributed by atoms with E-state index in [2.05, 4.69) is 11.6 Å². The van der Waals surface area contributed by atoms with Crippen LogP contribution in [0.3, 0.4) is 0 Å². The van der Waals surface area contributed by atoms with Crippen molar-refractivity contribution in [2.45, 2.75) is 12.3 Å². The fraction of sp³-hybridized carbons (Fsp3) is 0.176. The van der Waals surface area contributed by atoms with Crippen LogP contribution in [0.1, 0.15) is 12.6 Å². The largest absolute Gasteiger partial charge is 0.477 e. The number of carbonyl (C=O) groups excluding carboxylic acids is 2. The number of aliphatic carboxylic acids is 1. The molecule has 0 aliphatic carbocycles. The Morgan fingerprint density at radius 3 is 2.67 bits per heavy atom. The number of pyridine rings is 1.